The van der Waals surface area contributed by atoms with E-state index in [0.29, 0.717) is 24.9 Å². The van der Waals surface area contributed by atoms with Crippen LogP contribution in [0, 0.1) is 0 Å². The summed E-state index contributed by atoms with van der Waals surface area (Å²) >= 11 is 0. The molecule has 0 N–H and O–H groups in total. The Bertz CT molecular complexity index is 1130. The van der Waals surface area contributed by atoms with Gasteiger partial charge in [-0.3, -0.25) is 0 Å². The summed E-state index contributed by atoms with van der Waals surface area (Å²) in [6, 6.07) is 17.7. The third kappa shape index (κ3) is 3.40. The highest BCUT2D eigenvalue weighted by Gasteiger charge is 2.22. The van der Waals surface area contributed by atoms with Gasteiger partial charge in [0.25, 0.3) is 5.89 Å². The lowest BCUT2D eigenvalue weighted by Crippen LogP contribution is -2.37. The first-order chi connectivity index (χ1) is 14.3. The van der Waals surface area contributed by atoms with Gasteiger partial charge in [0.05, 0.1) is 31.4 Å². The zero-order valence-corrected chi connectivity index (χ0v) is 16.0. The third-order valence-corrected chi connectivity index (χ3v) is 5.02. The minimum atomic E-state index is 0.462. The summed E-state index contributed by atoms with van der Waals surface area (Å²) in [7, 11) is 1.64. The van der Waals surface area contributed by atoms with Crippen molar-refractivity contribution >= 4 is 16.7 Å². The van der Waals surface area contributed by atoms with E-state index in [0.717, 1.165) is 46.7 Å². The molecule has 5 rings (SSSR count). The molecule has 0 radical (unpaired) electrons. The number of hydrogen-bond donors (Lipinski definition) is 0. The monoisotopic (exact) mass is 388 g/mol. The van der Waals surface area contributed by atoms with Crippen molar-refractivity contribution in [3.05, 3.63) is 54.6 Å². The van der Waals surface area contributed by atoms with Crippen LogP contribution in [0.4, 0.5) is 5.82 Å². The molecule has 1 aliphatic heterocycles. The minimum Gasteiger partial charge on any atom is -0.497 e. The van der Waals surface area contributed by atoms with Gasteiger partial charge in [0, 0.05) is 24.0 Å². The number of benzene rings is 2. The zero-order chi connectivity index (χ0) is 19.6. The average Bonchev–Trinajstić information content (AvgIpc) is 3.29. The Labute approximate surface area is 167 Å². The lowest BCUT2D eigenvalue weighted by atomic mass is 10.1. The highest BCUT2D eigenvalue weighted by atomic mass is 16.5. The lowest BCUT2D eigenvalue weighted by molar-refractivity contribution is 0.122. The molecule has 0 aliphatic carbocycles. The van der Waals surface area contributed by atoms with Crippen LogP contribution in [0.5, 0.6) is 5.75 Å². The molecule has 0 amide bonds. The van der Waals surface area contributed by atoms with E-state index in [2.05, 4.69) is 21.1 Å². The van der Waals surface area contributed by atoms with E-state index >= 15 is 0 Å². The third-order valence-electron chi connectivity index (χ3n) is 5.02. The lowest BCUT2D eigenvalue weighted by Gasteiger charge is -2.29. The molecule has 1 aliphatic rings. The predicted molar refractivity (Wildman–Crippen MR) is 110 cm³/mol. The van der Waals surface area contributed by atoms with Crippen LogP contribution in [0.25, 0.3) is 33.7 Å². The van der Waals surface area contributed by atoms with Crippen molar-refractivity contribution in [2.45, 2.75) is 0 Å². The fourth-order valence-corrected chi connectivity index (χ4v) is 3.47. The Hall–Kier alpha value is -3.45. The van der Waals surface area contributed by atoms with Gasteiger partial charge >= 0.3 is 0 Å². The first kappa shape index (κ1) is 17.6. The molecule has 1 fully saturated rings. The van der Waals surface area contributed by atoms with Gasteiger partial charge in [-0.25, -0.2) is 4.98 Å². The van der Waals surface area contributed by atoms with E-state index in [-0.39, 0.29) is 0 Å². The molecular weight excluding hydrogens is 368 g/mol. The van der Waals surface area contributed by atoms with Crippen molar-refractivity contribution in [2.75, 3.05) is 38.3 Å². The minimum absolute atomic E-state index is 0.462. The van der Waals surface area contributed by atoms with Gasteiger partial charge in [0.15, 0.2) is 0 Å². The van der Waals surface area contributed by atoms with Crippen LogP contribution in [0.15, 0.2) is 59.1 Å². The highest BCUT2D eigenvalue weighted by Crippen LogP contribution is 2.32. The van der Waals surface area contributed by atoms with Crippen LogP contribution in [0.1, 0.15) is 0 Å². The standard InChI is InChI=1S/C22H20N4O3/c1-27-17-8-6-15(7-9-17)22-24-20(25-29-22)18-14-16-4-2-3-5-19(16)23-21(18)26-10-12-28-13-11-26/h2-9,14H,10-13H2,1H3. The summed E-state index contributed by atoms with van der Waals surface area (Å²) in [6.45, 7) is 2.91. The fourth-order valence-electron chi connectivity index (χ4n) is 3.47. The molecule has 0 unspecified atom stereocenters. The Balaban J connectivity index is 1.59. The molecule has 2 aromatic heterocycles. The molecule has 7 nitrogen and oxygen atoms in total. The van der Waals surface area contributed by atoms with Crippen LogP contribution < -0.4 is 9.64 Å². The molecule has 2 aromatic carbocycles. The summed E-state index contributed by atoms with van der Waals surface area (Å²) in [5, 5.41) is 5.29. The van der Waals surface area contributed by atoms with Gasteiger partial charge in [0.2, 0.25) is 5.82 Å². The van der Waals surface area contributed by atoms with Gasteiger partial charge in [0.1, 0.15) is 11.6 Å². The van der Waals surface area contributed by atoms with Crippen LogP contribution in [0.2, 0.25) is 0 Å². The second kappa shape index (κ2) is 7.52. The summed E-state index contributed by atoms with van der Waals surface area (Å²) in [5.41, 5.74) is 2.64. The number of hydrogen-bond acceptors (Lipinski definition) is 7. The van der Waals surface area contributed by atoms with Gasteiger partial charge in [-0.15, -0.1) is 0 Å². The van der Waals surface area contributed by atoms with E-state index < -0.39 is 0 Å². The number of rotatable bonds is 4. The smallest absolute Gasteiger partial charge is 0.258 e. The van der Waals surface area contributed by atoms with E-state index in [4.69, 9.17) is 19.0 Å². The van der Waals surface area contributed by atoms with E-state index in [9.17, 15) is 0 Å². The molecule has 29 heavy (non-hydrogen) atoms. The fraction of sp³-hybridized carbons (Fsp3) is 0.227. The molecule has 0 atom stereocenters. The SMILES string of the molecule is COc1ccc(-c2nc(-c3cc4ccccc4nc3N3CCOCC3)no2)cc1. The molecule has 7 heteroatoms. The van der Waals surface area contributed by atoms with Crippen molar-refractivity contribution < 1.29 is 14.0 Å². The topological polar surface area (TPSA) is 73.5 Å². The number of morpholine rings is 1. The average molecular weight is 388 g/mol. The van der Waals surface area contributed by atoms with E-state index in [1.807, 2.05) is 48.5 Å². The summed E-state index contributed by atoms with van der Waals surface area (Å²) in [4.78, 5) is 11.8. The Morgan fingerprint density at radius 2 is 1.76 bits per heavy atom. The first-order valence-electron chi connectivity index (χ1n) is 9.53. The molecule has 0 spiro atoms. The Kier molecular flexibility index (Phi) is 4.57. The molecule has 4 aromatic rings. The number of methoxy groups -OCH3 is 1. The maximum Gasteiger partial charge on any atom is 0.258 e. The van der Waals surface area contributed by atoms with Crippen LogP contribution in [0.3, 0.4) is 0 Å². The second-order valence-corrected chi connectivity index (χ2v) is 6.80. The molecular formula is C22H20N4O3. The second-order valence-electron chi connectivity index (χ2n) is 6.80. The number of nitrogens with zero attached hydrogens (tertiary/aromatic N) is 4. The van der Waals surface area contributed by atoms with Crippen LogP contribution in [-0.2, 0) is 4.74 Å². The highest BCUT2D eigenvalue weighted by molar-refractivity contribution is 5.88. The first-order valence-corrected chi connectivity index (χ1v) is 9.53. The van der Waals surface area contributed by atoms with E-state index in [1.54, 1.807) is 7.11 Å². The molecule has 0 bridgehead atoms. The molecule has 1 saturated heterocycles. The maximum atomic E-state index is 5.56. The number of fused-ring (bicyclic) bond motifs is 1. The maximum absolute atomic E-state index is 5.56. The quantitative estimate of drug-likeness (QED) is 0.526. The molecule has 146 valence electrons. The number of ether oxygens (including phenoxy) is 2. The predicted octanol–water partition coefficient (Wildman–Crippen LogP) is 3.80. The molecule has 0 saturated carbocycles. The number of anilines is 1. The van der Waals surface area contributed by atoms with Crippen molar-refractivity contribution in [1.29, 1.82) is 0 Å². The Morgan fingerprint density at radius 1 is 0.966 bits per heavy atom. The normalized spacial score (nSPS) is 14.3. The van der Waals surface area contributed by atoms with Crippen molar-refractivity contribution in [3.8, 4) is 28.6 Å². The van der Waals surface area contributed by atoms with Crippen molar-refractivity contribution in [3.63, 3.8) is 0 Å². The van der Waals surface area contributed by atoms with E-state index in [1.165, 1.54) is 0 Å². The zero-order valence-electron chi connectivity index (χ0n) is 16.0. The molecule has 3 heterocycles. The summed E-state index contributed by atoms with van der Waals surface area (Å²) < 4.78 is 16.3. The van der Waals surface area contributed by atoms with Gasteiger partial charge in [-0.1, -0.05) is 23.4 Å². The van der Waals surface area contributed by atoms with Crippen molar-refractivity contribution in [2.24, 2.45) is 0 Å². The van der Waals surface area contributed by atoms with Gasteiger partial charge in [-0.05, 0) is 36.4 Å². The summed E-state index contributed by atoms with van der Waals surface area (Å²) in [6.07, 6.45) is 0. The number of aromatic nitrogens is 3. The van der Waals surface area contributed by atoms with Gasteiger partial charge < -0.3 is 18.9 Å². The van der Waals surface area contributed by atoms with Gasteiger partial charge in [-0.2, -0.15) is 4.98 Å². The largest absolute Gasteiger partial charge is 0.497 e. The van der Waals surface area contributed by atoms with Crippen molar-refractivity contribution in [1.82, 2.24) is 15.1 Å². The summed E-state index contributed by atoms with van der Waals surface area (Å²) in [5.74, 6) is 2.62. The van der Waals surface area contributed by atoms with Crippen LogP contribution in [-0.4, -0.2) is 48.5 Å². The number of para-hydroxylation sites is 1. The Morgan fingerprint density at radius 3 is 2.55 bits per heavy atom. The van der Waals surface area contributed by atoms with Crippen LogP contribution >= 0.6 is 0 Å². The number of pyridine rings is 1.